The van der Waals surface area contributed by atoms with Gasteiger partial charge < -0.3 is 9.64 Å². The van der Waals surface area contributed by atoms with Crippen LogP contribution < -0.4 is 15.6 Å². The summed E-state index contributed by atoms with van der Waals surface area (Å²) in [5.41, 5.74) is 10.0. The van der Waals surface area contributed by atoms with Crippen LogP contribution in [-0.2, 0) is 0 Å². The summed E-state index contributed by atoms with van der Waals surface area (Å²) in [5, 5.41) is 0. The van der Waals surface area contributed by atoms with Gasteiger partial charge in [-0.1, -0.05) is 29.8 Å². The van der Waals surface area contributed by atoms with Crippen LogP contribution >= 0.6 is 0 Å². The molecule has 2 heterocycles. The van der Waals surface area contributed by atoms with Crippen molar-refractivity contribution < 1.29 is 9.53 Å². The van der Waals surface area contributed by atoms with Crippen LogP contribution in [0.25, 0.3) is 0 Å². The van der Waals surface area contributed by atoms with E-state index in [1.165, 1.54) is 11.1 Å². The maximum atomic E-state index is 12.7. The predicted molar refractivity (Wildman–Crippen MR) is 109 cm³/mol. The van der Waals surface area contributed by atoms with E-state index in [4.69, 9.17) is 4.74 Å². The van der Waals surface area contributed by atoms with Crippen LogP contribution in [0.5, 0.6) is 5.75 Å². The van der Waals surface area contributed by atoms with Crippen molar-refractivity contribution in [3.63, 3.8) is 0 Å². The minimum Gasteiger partial charge on any atom is -0.497 e. The van der Waals surface area contributed by atoms with Gasteiger partial charge in [-0.2, -0.15) is 0 Å². The normalized spacial score (nSPS) is 23.0. The Morgan fingerprint density at radius 2 is 1.64 bits per heavy atom. The Hall–Kier alpha value is -2.41. The van der Waals surface area contributed by atoms with Crippen LogP contribution in [0, 0.1) is 6.92 Å². The molecule has 6 heteroatoms. The molecule has 2 aliphatic heterocycles. The van der Waals surface area contributed by atoms with E-state index in [1.807, 2.05) is 48.2 Å². The average molecular weight is 380 g/mol. The lowest BCUT2D eigenvalue weighted by Gasteiger charge is -2.37. The molecule has 6 nitrogen and oxygen atoms in total. The maximum absolute atomic E-state index is 12.7. The summed E-state index contributed by atoms with van der Waals surface area (Å²) < 4.78 is 5.24. The molecule has 148 valence electrons. The fourth-order valence-corrected chi connectivity index (χ4v) is 3.95. The molecule has 4 rings (SSSR count). The van der Waals surface area contributed by atoms with Gasteiger partial charge in [0, 0.05) is 37.8 Å². The molecule has 28 heavy (non-hydrogen) atoms. The fourth-order valence-electron chi connectivity index (χ4n) is 3.95. The highest BCUT2D eigenvalue weighted by Crippen LogP contribution is 2.26. The second-order valence-electron chi connectivity index (χ2n) is 7.56. The Kier molecular flexibility index (Phi) is 5.62. The highest BCUT2D eigenvalue weighted by atomic mass is 16.5. The highest BCUT2D eigenvalue weighted by Gasteiger charge is 2.32. The van der Waals surface area contributed by atoms with Crippen molar-refractivity contribution in [1.29, 1.82) is 0 Å². The Bertz CT molecular complexity index is 798. The standard InChI is InChI=1S/C22H28N4O2/c1-16-3-5-18(6-4-16)22(27)26-13-11-25(12-14-26)21-15-20(23-24-21)17-7-9-19(28-2)10-8-17/h3-10,20-21,23-24H,11-15H2,1-2H3. The Labute approximate surface area is 166 Å². The number of nitrogens with one attached hydrogen (secondary N) is 2. The van der Waals surface area contributed by atoms with Gasteiger partial charge in [0.2, 0.25) is 0 Å². The van der Waals surface area contributed by atoms with E-state index < -0.39 is 0 Å². The Balaban J connectivity index is 1.30. The molecule has 2 N–H and O–H groups in total. The van der Waals surface area contributed by atoms with Crippen LogP contribution in [0.3, 0.4) is 0 Å². The van der Waals surface area contributed by atoms with E-state index in [2.05, 4.69) is 27.9 Å². The summed E-state index contributed by atoms with van der Waals surface area (Å²) in [6, 6.07) is 16.3. The molecule has 0 spiro atoms. The van der Waals surface area contributed by atoms with Crippen molar-refractivity contribution in [3.8, 4) is 5.75 Å². The third-order valence-corrected chi connectivity index (χ3v) is 5.74. The van der Waals surface area contributed by atoms with Crippen LogP contribution in [0.15, 0.2) is 48.5 Å². The summed E-state index contributed by atoms with van der Waals surface area (Å²) in [7, 11) is 1.68. The van der Waals surface area contributed by atoms with Crippen LogP contribution in [0.2, 0.25) is 0 Å². The van der Waals surface area contributed by atoms with Gasteiger partial charge in [0.25, 0.3) is 5.91 Å². The summed E-state index contributed by atoms with van der Waals surface area (Å²) in [6.07, 6.45) is 1.28. The number of ether oxygens (including phenoxy) is 1. The first kappa shape index (κ1) is 18.9. The molecular weight excluding hydrogens is 352 g/mol. The van der Waals surface area contributed by atoms with Crippen molar-refractivity contribution in [3.05, 3.63) is 65.2 Å². The molecule has 0 aliphatic carbocycles. The molecule has 2 fully saturated rings. The number of benzene rings is 2. The van der Waals surface area contributed by atoms with Crippen LogP contribution in [0.4, 0.5) is 0 Å². The Morgan fingerprint density at radius 1 is 0.964 bits per heavy atom. The van der Waals surface area contributed by atoms with Crippen LogP contribution in [0.1, 0.15) is 33.9 Å². The number of aryl methyl sites for hydroxylation is 1. The van der Waals surface area contributed by atoms with E-state index in [9.17, 15) is 4.79 Å². The molecule has 1 amide bonds. The van der Waals surface area contributed by atoms with E-state index in [-0.39, 0.29) is 18.1 Å². The van der Waals surface area contributed by atoms with Gasteiger partial charge in [-0.05, 0) is 43.2 Å². The number of amides is 1. The van der Waals surface area contributed by atoms with Crippen molar-refractivity contribution in [1.82, 2.24) is 20.7 Å². The molecule has 2 unspecified atom stereocenters. The topological polar surface area (TPSA) is 56.8 Å². The smallest absolute Gasteiger partial charge is 0.253 e. The minimum absolute atomic E-state index is 0.133. The molecule has 2 atom stereocenters. The van der Waals surface area contributed by atoms with Gasteiger partial charge in [-0.3, -0.25) is 9.69 Å². The summed E-state index contributed by atoms with van der Waals surface area (Å²) in [5.74, 6) is 1.01. The number of hydrogen-bond acceptors (Lipinski definition) is 5. The van der Waals surface area contributed by atoms with Gasteiger partial charge in [-0.15, -0.1) is 0 Å². The number of rotatable bonds is 4. The molecule has 2 aliphatic rings. The average Bonchev–Trinajstić information content (AvgIpc) is 3.24. The number of methoxy groups -OCH3 is 1. The summed E-state index contributed by atoms with van der Waals surface area (Å²) in [6.45, 7) is 5.32. The lowest BCUT2D eigenvalue weighted by molar-refractivity contribution is 0.0545. The quantitative estimate of drug-likeness (QED) is 0.853. The first-order valence-electron chi connectivity index (χ1n) is 9.89. The van der Waals surface area contributed by atoms with Crippen molar-refractivity contribution in [2.75, 3.05) is 33.3 Å². The van der Waals surface area contributed by atoms with Crippen molar-refractivity contribution in [2.45, 2.75) is 25.6 Å². The number of hydrazine groups is 1. The number of hydrogen-bond donors (Lipinski definition) is 2. The lowest BCUT2D eigenvalue weighted by atomic mass is 10.0. The molecule has 0 radical (unpaired) electrons. The van der Waals surface area contributed by atoms with Gasteiger partial charge in [0.15, 0.2) is 0 Å². The molecule has 0 bridgehead atoms. The third-order valence-electron chi connectivity index (χ3n) is 5.74. The van der Waals surface area contributed by atoms with E-state index in [0.717, 1.165) is 43.9 Å². The second kappa shape index (κ2) is 8.31. The molecule has 0 aromatic heterocycles. The molecule has 2 saturated heterocycles. The minimum atomic E-state index is 0.133. The first-order valence-corrected chi connectivity index (χ1v) is 9.89. The largest absolute Gasteiger partial charge is 0.497 e. The van der Waals surface area contributed by atoms with E-state index in [1.54, 1.807) is 7.11 Å². The number of carbonyl (C=O) groups excluding carboxylic acids is 1. The number of piperazine rings is 1. The van der Waals surface area contributed by atoms with Crippen LogP contribution in [-0.4, -0.2) is 55.2 Å². The lowest BCUT2D eigenvalue weighted by Crippen LogP contribution is -2.55. The van der Waals surface area contributed by atoms with Gasteiger partial charge >= 0.3 is 0 Å². The van der Waals surface area contributed by atoms with Crippen molar-refractivity contribution in [2.24, 2.45) is 0 Å². The SMILES string of the molecule is COc1ccc(C2CC(N3CCN(C(=O)c4ccc(C)cc4)CC3)NN2)cc1. The fraction of sp³-hybridized carbons (Fsp3) is 0.409. The maximum Gasteiger partial charge on any atom is 0.253 e. The second-order valence-corrected chi connectivity index (χ2v) is 7.56. The number of carbonyl (C=O) groups is 1. The Morgan fingerprint density at radius 3 is 2.29 bits per heavy atom. The zero-order valence-corrected chi connectivity index (χ0v) is 16.5. The predicted octanol–water partition coefficient (Wildman–Crippen LogP) is 2.33. The molecule has 2 aromatic carbocycles. The zero-order valence-electron chi connectivity index (χ0n) is 16.5. The first-order chi connectivity index (χ1) is 13.6. The third kappa shape index (κ3) is 4.04. The zero-order chi connectivity index (χ0) is 19.5. The highest BCUT2D eigenvalue weighted by molar-refractivity contribution is 5.94. The molecular formula is C22H28N4O2. The van der Waals surface area contributed by atoms with Gasteiger partial charge in [0.05, 0.1) is 13.3 Å². The number of nitrogens with zero attached hydrogens (tertiary/aromatic N) is 2. The van der Waals surface area contributed by atoms with Gasteiger partial charge in [-0.25, -0.2) is 10.9 Å². The molecule has 0 saturated carbocycles. The molecule has 2 aromatic rings. The summed E-state index contributed by atoms with van der Waals surface area (Å²) >= 11 is 0. The monoisotopic (exact) mass is 380 g/mol. The van der Waals surface area contributed by atoms with Gasteiger partial charge in [0.1, 0.15) is 5.75 Å². The van der Waals surface area contributed by atoms with E-state index >= 15 is 0 Å². The van der Waals surface area contributed by atoms with Crippen molar-refractivity contribution >= 4 is 5.91 Å². The van der Waals surface area contributed by atoms with E-state index in [0.29, 0.717) is 0 Å². The summed E-state index contributed by atoms with van der Waals surface area (Å²) in [4.78, 5) is 17.1.